The van der Waals surface area contributed by atoms with Gasteiger partial charge in [-0.15, -0.1) is 0 Å². The summed E-state index contributed by atoms with van der Waals surface area (Å²) in [7, 11) is 1.78. The monoisotopic (exact) mass is 170 g/mol. The first-order chi connectivity index (χ1) is 5.70. The Bertz CT molecular complexity index is 279. The summed E-state index contributed by atoms with van der Waals surface area (Å²) >= 11 is 0. The molecular formula is C7H11FN4. The van der Waals surface area contributed by atoms with Gasteiger partial charge in [0.2, 0.25) is 0 Å². The van der Waals surface area contributed by atoms with Crippen molar-refractivity contribution in [3.8, 4) is 0 Å². The van der Waals surface area contributed by atoms with Crippen molar-refractivity contribution in [2.24, 2.45) is 7.05 Å². The molecule has 0 saturated carbocycles. The van der Waals surface area contributed by atoms with Gasteiger partial charge in [-0.05, 0) is 0 Å². The zero-order valence-electron chi connectivity index (χ0n) is 6.92. The molecule has 0 spiro atoms. The van der Waals surface area contributed by atoms with E-state index in [1.54, 1.807) is 11.7 Å². The minimum atomic E-state index is -1.10. The maximum atomic E-state index is 13.5. The summed E-state index contributed by atoms with van der Waals surface area (Å²) in [5.41, 5.74) is -1.10. The molecule has 66 valence electrons. The fourth-order valence-electron chi connectivity index (χ4n) is 1.28. The summed E-state index contributed by atoms with van der Waals surface area (Å²) < 4.78 is 15.1. The van der Waals surface area contributed by atoms with Crippen LogP contribution in [0.25, 0.3) is 0 Å². The fraction of sp³-hybridized carbons (Fsp3) is 0.714. The lowest BCUT2D eigenvalue weighted by Gasteiger charge is -2.34. The van der Waals surface area contributed by atoms with E-state index in [1.165, 1.54) is 6.33 Å². The average molecular weight is 170 g/mol. The first-order valence-electron chi connectivity index (χ1n) is 3.92. The van der Waals surface area contributed by atoms with Crippen LogP contribution in [0.3, 0.4) is 0 Å². The van der Waals surface area contributed by atoms with Crippen molar-refractivity contribution < 1.29 is 4.39 Å². The third kappa shape index (κ3) is 1.20. The van der Waals surface area contributed by atoms with E-state index in [-0.39, 0.29) is 0 Å². The van der Waals surface area contributed by atoms with Gasteiger partial charge >= 0.3 is 0 Å². The fourth-order valence-corrected chi connectivity index (χ4v) is 1.28. The van der Waals surface area contributed by atoms with Gasteiger partial charge in [-0.25, -0.2) is 9.37 Å². The van der Waals surface area contributed by atoms with Crippen LogP contribution in [-0.4, -0.2) is 33.5 Å². The molecule has 1 aliphatic heterocycles. The molecule has 1 aromatic rings. The second kappa shape index (κ2) is 2.52. The van der Waals surface area contributed by atoms with E-state index >= 15 is 0 Å². The number of nitrogens with zero attached hydrogens (tertiary/aromatic N) is 3. The molecule has 0 atom stereocenters. The highest BCUT2D eigenvalue weighted by Crippen LogP contribution is 2.20. The molecule has 5 heteroatoms. The number of halogens is 1. The van der Waals surface area contributed by atoms with Gasteiger partial charge in [0, 0.05) is 26.6 Å². The SMILES string of the molecule is Cn1ncnc1CC1(F)CNC1. The van der Waals surface area contributed by atoms with Gasteiger partial charge in [-0.2, -0.15) is 5.10 Å². The van der Waals surface area contributed by atoms with Crippen LogP contribution in [0.15, 0.2) is 6.33 Å². The van der Waals surface area contributed by atoms with Crippen LogP contribution >= 0.6 is 0 Å². The summed E-state index contributed by atoms with van der Waals surface area (Å²) in [5.74, 6) is 0.707. The second-order valence-corrected chi connectivity index (χ2v) is 3.23. The first kappa shape index (κ1) is 7.67. The molecule has 12 heavy (non-hydrogen) atoms. The van der Waals surface area contributed by atoms with Crippen molar-refractivity contribution in [2.75, 3.05) is 13.1 Å². The zero-order valence-corrected chi connectivity index (χ0v) is 6.92. The Morgan fingerprint density at radius 1 is 1.75 bits per heavy atom. The van der Waals surface area contributed by atoms with E-state index < -0.39 is 5.67 Å². The highest BCUT2D eigenvalue weighted by Gasteiger charge is 2.38. The first-order valence-corrected chi connectivity index (χ1v) is 3.92. The van der Waals surface area contributed by atoms with Crippen LogP contribution in [0.5, 0.6) is 0 Å². The third-order valence-electron chi connectivity index (χ3n) is 2.16. The topological polar surface area (TPSA) is 42.7 Å². The van der Waals surface area contributed by atoms with Crippen LogP contribution in [0.4, 0.5) is 4.39 Å². The molecule has 1 aliphatic rings. The van der Waals surface area contributed by atoms with Crippen molar-refractivity contribution in [3.63, 3.8) is 0 Å². The number of hydrogen-bond acceptors (Lipinski definition) is 3. The standard InChI is InChI=1S/C7H11FN4/c1-12-6(10-5-11-12)2-7(8)3-9-4-7/h5,9H,2-4H2,1H3. The number of alkyl halides is 1. The van der Waals surface area contributed by atoms with Crippen molar-refractivity contribution in [1.82, 2.24) is 20.1 Å². The highest BCUT2D eigenvalue weighted by molar-refractivity contribution is 5.01. The molecule has 0 aromatic carbocycles. The third-order valence-corrected chi connectivity index (χ3v) is 2.16. The quantitative estimate of drug-likeness (QED) is 0.661. The van der Waals surface area contributed by atoms with Gasteiger partial charge in [0.25, 0.3) is 0 Å². The molecule has 2 heterocycles. The van der Waals surface area contributed by atoms with Crippen molar-refractivity contribution in [2.45, 2.75) is 12.1 Å². The number of aryl methyl sites for hydroxylation is 1. The molecule has 0 unspecified atom stereocenters. The van der Waals surface area contributed by atoms with Gasteiger partial charge in [0.1, 0.15) is 17.8 Å². The molecule has 4 nitrogen and oxygen atoms in total. The smallest absolute Gasteiger partial charge is 0.142 e. The summed E-state index contributed by atoms with van der Waals surface area (Å²) in [6, 6.07) is 0. The Labute approximate surface area is 69.8 Å². The second-order valence-electron chi connectivity index (χ2n) is 3.23. The Kier molecular flexibility index (Phi) is 1.61. The van der Waals surface area contributed by atoms with Crippen molar-refractivity contribution in [1.29, 1.82) is 0 Å². The Balaban J connectivity index is 2.08. The number of rotatable bonds is 2. The molecule has 0 aliphatic carbocycles. The van der Waals surface area contributed by atoms with Gasteiger partial charge in [-0.1, -0.05) is 0 Å². The van der Waals surface area contributed by atoms with E-state index in [4.69, 9.17) is 0 Å². The van der Waals surface area contributed by atoms with Crippen LogP contribution < -0.4 is 5.32 Å². The van der Waals surface area contributed by atoms with Gasteiger partial charge in [0.15, 0.2) is 0 Å². The Morgan fingerprint density at radius 3 is 2.92 bits per heavy atom. The molecule has 2 rings (SSSR count). The highest BCUT2D eigenvalue weighted by atomic mass is 19.1. The molecule has 1 aromatic heterocycles. The Morgan fingerprint density at radius 2 is 2.50 bits per heavy atom. The summed E-state index contributed by atoms with van der Waals surface area (Å²) in [4.78, 5) is 3.97. The van der Waals surface area contributed by atoms with Crippen LogP contribution in [-0.2, 0) is 13.5 Å². The molecule has 1 saturated heterocycles. The molecular weight excluding hydrogens is 159 g/mol. The summed E-state index contributed by atoms with van der Waals surface area (Å²) in [6.07, 6.45) is 1.81. The lowest BCUT2D eigenvalue weighted by atomic mass is 9.95. The maximum absolute atomic E-state index is 13.5. The van der Waals surface area contributed by atoms with E-state index in [0.29, 0.717) is 25.3 Å². The number of nitrogens with one attached hydrogen (secondary N) is 1. The van der Waals surface area contributed by atoms with Crippen molar-refractivity contribution in [3.05, 3.63) is 12.2 Å². The number of aromatic nitrogens is 3. The van der Waals surface area contributed by atoms with Gasteiger partial charge in [-0.3, -0.25) is 4.68 Å². The van der Waals surface area contributed by atoms with Gasteiger partial charge < -0.3 is 5.32 Å². The van der Waals surface area contributed by atoms with Gasteiger partial charge in [0.05, 0.1) is 0 Å². The maximum Gasteiger partial charge on any atom is 0.142 e. The van der Waals surface area contributed by atoms with E-state index in [9.17, 15) is 4.39 Å². The van der Waals surface area contributed by atoms with Crippen LogP contribution in [0, 0.1) is 0 Å². The minimum absolute atomic E-state index is 0.358. The molecule has 0 radical (unpaired) electrons. The average Bonchev–Trinajstić information content (AvgIpc) is 2.34. The molecule has 1 N–H and O–H groups in total. The lowest BCUT2D eigenvalue weighted by molar-refractivity contribution is 0.0877. The van der Waals surface area contributed by atoms with Crippen LogP contribution in [0.2, 0.25) is 0 Å². The summed E-state index contributed by atoms with van der Waals surface area (Å²) in [5, 5.41) is 6.78. The van der Waals surface area contributed by atoms with Crippen molar-refractivity contribution >= 4 is 0 Å². The number of hydrogen-bond donors (Lipinski definition) is 1. The van der Waals surface area contributed by atoms with E-state index in [1.807, 2.05) is 0 Å². The molecule has 0 amide bonds. The van der Waals surface area contributed by atoms with E-state index in [2.05, 4.69) is 15.4 Å². The van der Waals surface area contributed by atoms with Crippen LogP contribution in [0.1, 0.15) is 5.82 Å². The predicted octanol–water partition coefficient (Wildman–Crippen LogP) is -0.331. The zero-order chi connectivity index (χ0) is 8.60. The van der Waals surface area contributed by atoms with E-state index in [0.717, 1.165) is 0 Å². The predicted molar refractivity (Wildman–Crippen MR) is 41.4 cm³/mol. The summed E-state index contributed by atoms with van der Waals surface area (Å²) in [6.45, 7) is 0.861. The molecule has 1 fully saturated rings. The minimum Gasteiger partial charge on any atom is -0.310 e. The normalized spacial score (nSPS) is 20.5. The largest absolute Gasteiger partial charge is 0.310 e. The molecule has 0 bridgehead atoms. The Hall–Kier alpha value is -0.970. The lowest BCUT2D eigenvalue weighted by Crippen LogP contribution is -2.57.